The highest BCUT2D eigenvalue weighted by Gasteiger charge is 2.26. The van der Waals surface area contributed by atoms with Crippen molar-refractivity contribution >= 4 is 33.2 Å². The Morgan fingerprint density at radius 1 is 1.21 bits per heavy atom. The van der Waals surface area contributed by atoms with E-state index in [0.29, 0.717) is 16.9 Å². The summed E-state index contributed by atoms with van der Waals surface area (Å²) in [5.41, 5.74) is 3.00. The third-order valence-electron chi connectivity index (χ3n) is 3.27. The van der Waals surface area contributed by atoms with Crippen molar-refractivity contribution in [2.75, 3.05) is 0 Å². The van der Waals surface area contributed by atoms with E-state index in [0.717, 1.165) is 21.5 Å². The third kappa shape index (κ3) is 2.11. The molecule has 19 heavy (non-hydrogen) atoms. The van der Waals surface area contributed by atoms with Gasteiger partial charge in [-0.05, 0) is 36.4 Å². The molecule has 0 spiro atoms. The van der Waals surface area contributed by atoms with Crippen LogP contribution in [0.4, 0.5) is 0 Å². The predicted molar refractivity (Wildman–Crippen MR) is 77.6 cm³/mol. The second kappa shape index (κ2) is 4.25. The van der Waals surface area contributed by atoms with Gasteiger partial charge < -0.3 is 0 Å². The summed E-state index contributed by atoms with van der Waals surface area (Å²) in [7, 11) is 0. The molecule has 94 valence electrons. The maximum Gasteiger partial charge on any atom is 0.162 e. The van der Waals surface area contributed by atoms with Crippen LogP contribution in [-0.2, 0) is 0 Å². The summed E-state index contributed by atoms with van der Waals surface area (Å²) >= 11 is 7.77. The van der Waals surface area contributed by atoms with Gasteiger partial charge in [-0.3, -0.25) is 4.98 Å². The van der Waals surface area contributed by atoms with Crippen molar-refractivity contribution in [3.8, 4) is 11.4 Å². The summed E-state index contributed by atoms with van der Waals surface area (Å²) in [6.07, 6.45) is 4.22. The van der Waals surface area contributed by atoms with Crippen LogP contribution in [0.5, 0.6) is 0 Å². The van der Waals surface area contributed by atoms with Gasteiger partial charge >= 0.3 is 0 Å². The van der Waals surface area contributed by atoms with Gasteiger partial charge in [-0.1, -0.05) is 11.6 Å². The van der Waals surface area contributed by atoms with Crippen molar-refractivity contribution in [1.82, 2.24) is 15.0 Å². The fraction of sp³-hybridized carbons (Fsp3) is 0.214. The number of aromatic nitrogens is 3. The van der Waals surface area contributed by atoms with Gasteiger partial charge in [0.25, 0.3) is 0 Å². The SMILES string of the molecule is Clc1cc(C2CC2)nc(-c2cnc3ccsc3c2)n1. The molecule has 0 N–H and O–H groups in total. The molecule has 0 aliphatic heterocycles. The van der Waals surface area contributed by atoms with Crippen LogP contribution in [0, 0.1) is 0 Å². The van der Waals surface area contributed by atoms with Crippen molar-refractivity contribution in [2.45, 2.75) is 18.8 Å². The smallest absolute Gasteiger partial charge is 0.162 e. The van der Waals surface area contributed by atoms with E-state index in [9.17, 15) is 0 Å². The first-order chi connectivity index (χ1) is 9.29. The Morgan fingerprint density at radius 2 is 2.11 bits per heavy atom. The van der Waals surface area contributed by atoms with Gasteiger partial charge in [0, 0.05) is 23.4 Å². The van der Waals surface area contributed by atoms with Crippen LogP contribution in [0.25, 0.3) is 21.6 Å². The zero-order chi connectivity index (χ0) is 12.8. The lowest BCUT2D eigenvalue weighted by Gasteiger charge is -2.04. The topological polar surface area (TPSA) is 38.7 Å². The molecule has 5 heteroatoms. The number of pyridine rings is 1. The maximum absolute atomic E-state index is 6.10. The molecule has 1 aliphatic rings. The van der Waals surface area contributed by atoms with Gasteiger partial charge in [0.05, 0.1) is 10.2 Å². The summed E-state index contributed by atoms with van der Waals surface area (Å²) in [4.78, 5) is 13.4. The Balaban J connectivity index is 1.85. The second-order valence-corrected chi connectivity index (χ2v) is 6.08. The third-order valence-corrected chi connectivity index (χ3v) is 4.32. The van der Waals surface area contributed by atoms with Crippen LogP contribution >= 0.6 is 22.9 Å². The number of thiophene rings is 1. The highest BCUT2D eigenvalue weighted by Crippen LogP contribution is 2.40. The van der Waals surface area contributed by atoms with Crippen LogP contribution in [0.2, 0.25) is 5.15 Å². The second-order valence-electron chi connectivity index (χ2n) is 4.74. The number of fused-ring (bicyclic) bond motifs is 1. The highest BCUT2D eigenvalue weighted by molar-refractivity contribution is 7.17. The highest BCUT2D eigenvalue weighted by atomic mass is 35.5. The average molecular weight is 288 g/mol. The monoisotopic (exact) mass is 287 g/mol. The summed E-state index contributed by atoms with van der Waals surface area (Å²) < 4.78 is 1.15. The fourth-order valence-electron chi connectivity index (χ4n) is 2.12. The predicted octanol–water partition coefficient (Wildman–Crippen LogP) is 4.28. The summed E-state index contributed by atoms with van der Waals surface area (Å²) in [6.45, 7) is 0. The average Bonchev–Trinajstić information content (AvgIpc) is 3.16. The van der Waals surface area contributed by atoms with Gasteiger partial charge in [0.1, 0.15) is 5.15 Å². The van der Waals surface area contributed by atoms with Crippen LogP contribution in [-0.4, -0.2) is 15.0 Å². The van der Waals surface area contributed by atoms with Gasteiger partial charge in [0.2, 0.25) is 0 Å². The fourth-order valence-corrected chi connectivity index (χ4v) is 3.09. The van der Waals surface area contributed by atoms with E-state index in [4.69, 9.17) is 11.6 Å². The van der Waals surface area contributed by atoms with Gasteiger partial charge in [-0.2, -0.15) is 0 Å². The number of hydrogen-bond acceptors (Lipinski definition) is 4. The summed E-state index contributed by atoms with van der Waals surface area (Å²) in [5, 5.41) is 2.55. The van der Waals surface area contributed by atoms with Crippen molar-refractivity contribution < 1.29 is 0 Å². The number of rotatable bonds is 2. The molecule has 3 heterocycles. The number of hydrogen-bond donors (Lipinski definition) is 0. The lowest BCUT2D eigenvalue weighted by atomic mass is 10.2. The molecule has 0 atom stereocenters. The quantitative estimate of drug-likeness (QED) is 0.660. The Bertz CT molecular complexity index is 764. The molecule has 4 rings (SSSR count). The van der Waals surface area contributed by atoms with Crippen molar-refractivity contribution in [3.63, 3.8) is 0 Å². The first kappa shape index (κ1) is 11.3. The molecule has 0 aromatic carbocycles. The Labute approximate surface area is 119 Å². The molecule has 0 radical (unpaired) electrons. The van der Waals surface area contributed by atoms with Crippen molar-refractivity contribution in [3.05, 3.63) is 40.6 Å². The van der Waals surface area contributed by atoms with Crippen molar-refractivity contribution in [2.24, 2.45) is 0 Å². The van der Waals surface area contributed by atoms with Gasteiger partial charge in [-0.25, -0.2) is 9.97 Å². The van der Waals surface area contributed by atoms with E-state index in [2.05, 4.69) is 21.0 Å². The Hall–Kier alpha value is -1.52. The standard InChI is InChI=1S/C14H10ClN3S/c15-13-6-11(8-1-2-8)17-14(18-13)9-5-12-10(16-7-9)3-4-19-12/h3-8H,1-2H2. The van der Waals surface area contributed by atoms with Gasteiger partial charge in [0.15, 0.2) is 5.82 Å². The molecule has 3 aromatic rings. The molecular formula is C14H10ClN3S. The summed E-state index contributed by atoms with van der Waals surface area (Å²) in [6, 6.07) is 5.97. The number of halogens is 1. The largest absolute Gasteiger partial charge is 0.255 e. The molecular weight excluding hydrogens is 278 g/mol. The molecule has 0 bridgehead atoms. The molecule has 0 amide bonds. The minimum atomic E-state index is 0.512. The first-order valence-corrected chi connectivity index (χ1v) is 7.43. The van der Waals surface area contributed by atoms with Crippen LogP contribution < -0.4 is 0 Å². The summed E-state index contributed by atoms with van der Waals surface area (Å²) in [5.74, 6) is 1.25. The molecule has 1 saturated carbocycles. The van der Waals surface area contributed by atoms with E-state index >= 15 is 0 Å². The number of nitrogens with zero attached hydrogens (tertiary/aromatic N) is 3. The lowest BCUT2D eigenvalue weighted by molar-refractivity contribution is 0.993. The van der Waals surface area contributed by atoms with Crippen LogP contribution in [0.1, 0.15) is 24.5 Å². The van der Waals surface area contributed by atoms with E-state index in [1.54, 1.807) is 11.3 Å². The van der Waals surface area contributed by atoms with Crippen LogP contribution in [0.15, 0.2) is 29.8 Å². The Kier molecular flexibility index (Phi) is 2.53. The van der Waals surface area contributed by atoms with E-state index in [1.807, 2.05) is 23.7 Å². The Morgan fingerprint density at radius 3 is 2.95 bits per heavy atom. The van der Waals surface area contributed by atoms with Crippen LogP contribution in [0.3, 0.4) is 0 Å². The molecule has 1 fully saturated rings. The first-order valence-electron chi connectivity index (χ1n) is 6.18. The minimum absolute atomic E-state index is 0.512. The maximum atomic E-state index is 6.10. The van der Waals surface area contributed by atoms with Crippen molar-refractivity contribution in [1.29, 1.82) is 0 Å². The zero-order valence-corrected chi connectivity index (χ0v) is 11.6. The van der Waals surface area contributed by atoms with E-state index in [1.165, 1.54) is 12.8 Å². The minimum Gasteiger partial charge on any atom is -0.255 e. The molecule has 1 aliphatic carbocycles. The molecule has 3 aromatic heterocycles. The van der Waals surface area contributed by atoms with E-state index < -0.39 is 0 Å². The molecule has 0 saturated heterocycles. The zero-order valence-electron chi connectivity index (χ0n) is 10.0. The molecule has 3 nitrogen and oxygen atoms in total. The lowest BCUT2D eigenvalue weighted by Crippen LogP contribution is -1.95. The normalized spacial score (nSPS) is 15.0. The van der Waals surface area contributed by atoms with E-state index in [-0.39, 0.29) is 0 Å². The molecule has 0 unspecified atom stereocenters. The van der Waals surface area contributed by atoms with Gasteiger partial charge in [-0.15, -0.1) is 11.3 Å².